The third-order valence-electron chi connectivity index (χ3n) is 10.9. The van der Waals surface area contributed by atoms with Crippen molar-refractivity contribution in [2.24, 2.45) is 0 Å². The Labute approximate surface area is 297 Å². The van der Waals surface area contributed by atoms with Crippen LogP contribution in [0.1, 0.15) is 25.0 Å². The number of fused-ring (bicyclic) bond motifs is 7. The van der Waals surface area contributed by atoms with Crippen molar-refractivity contribution in [1.29, 1.82) is 0 Å². The SMILES string of the molecule is CC1(C)c2ccc(-c3ccc(-c4nc(-c5ccccc5)cc(-c5ccc6ccccc6c5)n4)c4ccccc34)cc2-c2c1ccc1ccccc21. The van der Waals surface area contributed by atoms with Gasteiger partial charge in [0.05, 0.1) is 11.4 Å². The summed E-state index contributed by atoms with van der Waals surface area (Å²) in [6, 6.07) is 61.2. The summed E-state index contributed by atoms with van der Waals surface area (Å²) in [5.74, 6) is 0.721. The van der Waals surface area contributed by atoms with Crippen molar-refractivity contribution < 1.29 is 0 Å². The van der Waals surface area contributed by atoms with Crippen molar-refractivity contribution in [3.63, 3.8) is 0 Å². The Balaban J connectivity index is 1.16. The fraction of sp³-hybridized carbons (Fsp3) is 0.0612. The van der Waals surface area contributed by atoms with Gasteiger partial charge in [-0.15, -0.1) is 0 Å². The first-order valence-electron chi connectivity index (χ1n) is 17.7. The predicted octanol–water partition coefficient (Wildman–Crippen LogP) is 12.9. The molecule has 0 spiro atoms. The Morgan fingerprint density at radius 1 is 0.373 bits per heavy atom. The minimum absolute atomic E-state index is 0.0665. The molecule has 0 unspecified atom stereocenters. The molecular formula is C49H34N2. The summed E-state index contributed by atoms with van der Waals surface area (Å²) in [7, 11) is 0. The maximum Gasteiger partial charge on any atom is 0.161 e. The lowest BCUT2D eigenvalue weighted by atomic mass is 9.81. The van der Waals surface area contributed by atoms with Crippen molar-refractivity contribution in [3.05, 3.63) is 181 Å². The largest absolute Gasteiger partial charge is 0.228 e. The molecule has 240 valence electrons. The van der Waals surface area contributed by atoms with E-state index in [1.807, 2.05) is 6.07 Å². The van der Waals surface area contributed by atoms with E-state index in [9.17, 15) is 0 Å². The fourth-order valence-corrected chi connectivity index (χ4v) is 8.26. The van der Waals surface area contributed by atoms with Gasteiger partial charge in [-0.05, 0) is 90.0 Å². The lowest BCUT2D eigenvalue weighted by Crippen LogP contribution is -2.14. The van der Waals surface area contributed by atoms with Crippen molar-refractivity contribution in [2.75, 3.05) is 0 Å². The minimum Gasteiger partial charge on any atom is -0.228 e. The van der Waals surface area contributed by atoms with E-state index in [1.54, 1.807) is 0 Å². The van der Waals surface area contributed by atoms with Gasteiger partial charge in [0.1, 0.15) is 0 Å². The highest BCUT2D eigenvalue weighted by molar-refractivity contribution is 6.07. The van der Waals surface area contributed by atoms with Gasteiger partial charge in [-0.3, -0.25) is 0 Å². The Kier molecular flexibility index (Phi) is 6.56. The zero-order chi connectivity index (χ0) is 34.1. The van der Waals surface area contributed by atoms with E-state index in [0.717, 1.165) is 39.3 Å². The van der Waals surface area contributed by atoms with Gasteiger partial charge in [0, 0.05) is 22.1 Å². The van der Waals surface area contributed by atoms with Crippen molar-refractivity contribution in [2.45, 2.75) is 19.3 Å². The molecule has 0 aliphatic heterocycles. The van der Waals surface area contributed by atoms with E-state index in [0.29, 0.717) is 0 Å². The number of aromatic nitrogens is 2. The van der Waals surface area contributed by atoms with Crippen LogP contribution in [0.5, 0.6) is 0 Å². The zero-order valence-electron chi connectivity index (χ0n) is 28.6. The van der Waals surface area contributed by atoms with Gasteiger partial charge >= 0.3 is 0 Å². The van der Waals surface area contributed by atoms with Gasteiger partial charge in [-0.1, -0.05) is 159 Å². The van der Waals surface area contributed by atoms with Crippen LogP contribution in [-0.2, 0) is 5.41 Å². The average Bonchev–Trinajstić information content (AvgIpc) is 3.43. The van der Waals surface area contributed by atoms with E-state index < -0.39 is 0 Å². The van der Waals surface area contributed by atoms with Gasteiger partial charge in [0.15, 0.2) is 5.82 Å². The summed E-state index contributed by atoms with van der Waals surface area (Å²) >= 11 is 0. The zero-order valence-corrected chi connectivity index (χ0v) is 28.6. The van der Waals surface area contributed by atoms with Crippen LogP contribution in [0.15, 0.2) is 170 Å². The van der Waals surface area contributed by atoms with Gasteiger partial charge in [0.2, 0.25) is 0 Å². The molecule has 2 heteroatoms. The quantitative estimate of drug-likeness (QED) is 0.189. The van der Waals surface area contributed by atoms with E-state index >= 15 is 0 Å². The van der Waals surface area contributed by atoms with Crippen LogP contribution in [0.2, 0.25) is 0 Å². The molecule has 1 aliphatic carbocycles. The van der Waals surface area contributed by atoms with Gasteiger partial charge < -0.3 is 0 Å². The predicted molar refractivity (Wildman–Crippen MR) is 214 cm³/mol. The molecule has 0 amide bonds. The Morgan fingerprint density at radius 2 is 0.961 bits per heavy atom. The summed E-state index contributed by atoms with van der Waals surface area (Å²) in [4.78, 5) is 10.5. The molecule has 0 saturated carbocycles. The first-order chi connectivity index (χ1) is 25.0. The number of nitrogens with zero attached hydrogens (tertiary/aromatic N) is 2. The van der Waals surface area contributed by atoms with Crippen LogP contribution in [0.25, 0.3) is 88.5 Å². The molecule has 8 aromatic carbocycles. The molecule has 0 saturated heterocycles. The second-order valence-electron chi connectivity index (χ2n) is 14.2. The van der Waals surface area contributed by atoms with Crippen LogP contribution in [0, 0.1) is 0 Å². The molecule has 10 rings (SSSR count). The molecule has 2 nitrogen and oxygen atoms in total. The standard InChI is InChI=1S/C49H34N2/c1-49(2)43-26-23-35(29-42(43)47-38-17-9-8-13-32(38)22-27-44(47)49)37-24-25-41(40-19-11-10-18-39(37)40)48-50-45(33-14-4-3-5-15-33)30-46(51-48)36-21-20-31-12-6-7-16-34(31)28-36/h3-30H,1-2H3. The topological polar surface area (TPSA) is 25.8 Å². The van der Waals surface area contributed by atoms with E-state index in [2.05, 4.69) is 178 Å². The molecule has 0 fully saturated rings. The van der Waals surface area contributed by atoms with Crippen LogP contribution in [0.4, 0.5) is 0 Å². The van der Waals surface area contributed by atoms with Crippen molar-refractivity contribution in [3.8, 4) is 56.2 Å². The molecule has 0 atom stereocenters. The van der Waals surface area contributed by atoms with Crippen LogP contribution in [0.3, 0.4) is 0 Å². The van der Waals surface area contributed by atoms with E-state index in [-0.39, 0.29) is 5.41 Å². The van der Waals surface area contributed by atoms with Crippen LogP contribution >= 0.6 is 0 Å². The molecular weight excluding hydrogens is 617 g/mol. The second kappa shape index (κ2) is 11.3. The monoisotopic (exact) mass is 650 g/mol. The van der Waals surface area contributed by atoms with Gasteiger partial charge in [-0.2, -0.15) is 0 Å². The summed E-state index contributed by atoms with van der Waals surface area (Å²) in [5.41, 5.74) is 12.8. The van der Waals surface area contributed by atoms with E-state index in [4.69, 9.17) is 9.97 Å². The summed E-state index contributed by atoms with van der Waals surface area (Å²) < 4.78 is 0. The highest BCUT2D eigenvalue weighted by atomic mass is 14.9. The lowest BCUT2D eigenvalue weighted by molar-refractivity contribution is 0.661. The van der Waals surface area contributed by atoms with Crippen molar-refractivity contribution >= 4 is 32.3 Å². The fourth-order valence-electron chi connectivity index (χ4n) is 8.26. The third-order valence-corrected chi connectivity index (χ3v) is 10.9. The molecule has 51 heavy (non-hydrogen) atoms. The number of hydrogen-bond donors (Lipinski definition) is 0. The first kappa shape index (κ1) is 29.5. The normalized spacial score (nSPS) is 13.1. The molecule has 1 aliphatic rings. The molecule has 9 aromatic rings. The average molecular weight is 651 g/mol. The number of benzene rings is 8. The highest BCUT2D eigenvalue weighted by Crippen LogP contribution is 2.52. The Morgan fingerprint density at radius 3 is 1.76 bits per heavy atom. The van der Waals surface area contributed by atoms with E-state index in [1.165, 1.54) is 60.3 Å². The smallest absolute Gasteiger partial charge is 0.161 e. The highest BCUT2D eigenvalue weighted by Gasteiger charge is 2.36. The van der Waals surface area contributed by atoms with Gasteiger partial charge in [0.25, 0.3) is 0 Å². The number of hydrogen-bond acceptors (Lipinski definition) is 2. The van der Waals surface area contributed by atoms with Crippen molar-refractivity contribution in [1.82, 2.24) is 9.97 Å². The molecule has 0 radical (unpaired) electrons. The molecule has 0 bridgehead atoms. The first-order valence-corrected chi connectivity index (χ1v) is 17.7. The second-order valence-corrected chi connectivity index (χ2v) is 14.2. The summed E-state index contributed by atoms with van der Waals surface area (Å²) in [5, 5.41) is 7.33. The van der Waals surface area contributed by atoms with Gasteiger partial charge in [-0.25, -0.2) is 9.97 Å². The Bertz CT molecular complexity index is 2830. The molecule has 0 N–H and O–H groups in total. The maximum atomic E-state index is 5.26. The molecule has 1 heterocycles. The summed E-state index contributed by atoms with van der Waals surface area (Å²) in [6.45, 7) is 4.71. The maximum absolute atomic E-state index is 5.26. The number of rotatable bonds is 4. The van der Waals surface area contributed by atoms with Crippen LogP contribution < -0.4 is 0 Å². The minimum atomic E-state index is -0.0665. The lowest BCUT2D eigenvalue weighted by Gasteiger charge is -2.21. The molecule has 1 aromatic heterocycles. The third kappa shape index (κ3) is 4.71. The summed E-state index contributed by atoms with van der Waals surface area (Å²) in [6.07, 6.45) is 0. The Hall–Kier alpha value is -6.38. The van der Waals surface area contributed by atoms with Crippen LogP contribution in [-0.4, -0.2) is 9.97 Å².